The van der Waals surface area contributed by atoms with Crippen LogP contribution in [0.15, 0.2) is 48.7 Å². The van der Waals surface area contributed by atoms with Gasteiger partial charge in [-0.3, -0.25) is 10.1 Å². The maximum absolute atomic E-state index is 13.9. The van der Waals surface area contributed by atoms with Crippen LogP contribution in [0.1, 0.15) is 5.56 Å². The molecule has 0 aliphatic rings. The van der Waals surface area contributed by atoms with E-state index >= 15 is 0 Å². The molecule has 2 rings (SSSR count). The largest absolute Gasteiger partial charge is 0.484 e. The number of carbonyl (C=O) groups excluding carboxylic acids is 2. The molecule has 0 aliphatic heterocycles. The molecule has 150 valence electrons. The number of rotatable bonds is 7. The number of benzene rings is 1. The first-order valence-electron chi connectivity index (χ1n) is 8.08. The number of hydrogen-bond acceptors (Lipinski definition) is 5. The fourth-order valence-electron chi connectivity index (χ4n) is 2.24. The summed E-state index contributed by atoms with van der Waals surface area (Å²) in [4.78, 5) is 26.8. The Morgan fingerprint density at radius 1 is 1.11 bits per heavy atom. The highest BCUT2D eigenvalue weighted by Gasteiger charge is 2.67. The number of halogens is 3. The Morgan fingerprint density at radius 2 is 1.79 bits per heavy atom. The molecule has 1 atom stereocenters. The number of esters is 1. The normalized spacial score (nSPS) is 13.2. The molecule has 0 aliphatic carbocycles. The number of nitrogens with one attached hydrogen (secondary N) is 3. The number of H-pyrrole nitrogens is 1. The number of methoxy groups -OCH3 is 1. The molecule has 3 N–H and O–H groups in total. The number of aromatic nitrogens is 1. The summed E-state index contributed by atoms with van der Waals surface area (Å²) in [6.07, 6.45) is -3.79. The van der Waals surface area contributed by atoms with Crippen LogP contribution in [0.5, 0.6) is 5.75 Å². The molecule has 0 fully saturated rings. The van der Waals surface area contributed by atoms with E-state index in [0.717, 1.165) is 12.7 Å². The Morgan fingerprint density at radius 3 is 2.32 bits per heavy atom. The number of aryl methyl sites for hydroxylation is 1. The van der Waals surface area contributed by atoms with E-state index < -0.39 is 30.3 Å². The molecule has 0 bridgehead atoms. The van der Waals surface area contributed by atoms with Crippen LogP contribution in [0, 0.1) is 6.92 Å². The first-order valence-corrected chi connectivity index (χ1v) is 8.08. The van der Waals surface area contributed by atoms with Gasteiger partial charge in [0, 0.05) is 6.07 Å². The first kappa shape index (κ1) is 21.0. The maximum atomic E-state index is 13.9. The highest BCUT2D eigenvalue weighted by atomic mass is 19.4. The van der Waals surface area contributed by atoms with Crippen molar-refractivity contribution >= 4 is 17.7 Å². The lowest BCUT2D eigenvalue weighted by molar-refractivity contribution is -0.363. The molecule has 0 saturated carbocycles. The van der Waals surface area contributed by atoms with Crippen molar-refractivity contribution in [3.05, 3.63) is 54.2 Å². The minimum atomic E-state index is -5.22. The van der Waals surface area contributed by atoms with Crippen LogP contribution < -0.4 is 20.4 Å². The van der Waals surface area contributed by atoms with Crippen molar-refractivity contribution in [3.8, 4) is 5.75 Å². The Hall–Kier alpha value is -3.30. The highest BCUT2D eigenvalue weighted by Crippen LogP contribution is 2.32. The number of anilines is 1. The van der Waals surface area contributed by atoms with E-state index in [-0.39, 0.29) is 11.6 Å². The smallest absolute Gasteiger partial charge is 0.464 e. The molecular formula is C18H19F3N3O4+. The number of alkyl halides is 3. The fraction of sp³-hybridized carbons (Fsp3) is 0.278. The van der Waals surface area contributed by atoms with Gasteiger partial charge in [-0.2, -0.15) is 13.2 Å². The lowest BCUT2D eigenvalue weighted by Gasteiger charge is -2.30. The zero-order chi connectivity index (χ0) is 20.8. The summed E-state index contributed by atoms with van der Waals surface area (Å²) >= 11 is 0. The number of ether oxygens (including phenoxy) is 2. The first-order chi connectivity index (χ1) is 13.2. The Bertz CT molecular complexity index is 813. The van der Waals surface area contributed by atoms with Gasteiger partial charge in [0.05, 0.1) is 13.3 Å². The van der Waals surface area contributed by atoms with Crippen molar-refractivity contribution in [2.75, 3.05) is 19.0 Å². The Balaban J connectivity index is 2.27. The van der Waals surface area contributed by atoms with Crippen molar-refractivity contribution in [3.63, 3.8) is 0 Å². The predicted molar refractivity (Wildman–Crippen MR) is 92.2 cm³/mol. The van der Waals surface area contributed by atoms with Gasteiger partial charge in [-0.05, 0) is 30.7 Å². The quantitative estimate of drug-likeness (QED) is 0.549. The zero-order valence-corrected chi connectivity index (χ0v) is 15.1. The molecule has 1 amide bonds. The molecule has 1 aromatic heterocycles. The van der Waals surface area contributed by atoms with Gasteiger partial charge in [-0.1, -0.05) is 18.2 Å². The second kappa shape index (κ2) is 8.59. The van der Waals surface area contributed by atoms with Crippen LogP contribution in [0.2, 0.25) is 0 Å². The molecule has 7 nitrogen and oxygen atoms in total. The molecule has 0 spiro atoms. The average Bonchev–Trinajstić information content (AvgIpc) is 2.66. The van der Waals surface area contributed by atoms with Gasteiger partial charge >= 0.3 is 17.8 Å². The van der Waals surface area contributed by atoms with E-state index in [0.29, 0.717) is 0 Å². The average molecular weight is 398 g/mol. The minimum Gasteiger partial charge on any atom is -0.484 e. The Labute approximate surface area is 158 Å². The number of pyridine rings is 1. The lowest BCUT2D eigenvalue weighted by atomic mass is 10.1. The lowest BCUT2D eigenvalue weighted by Crippen LogP contribution is -2.70. The number of hydrogen-bond donors (Lipinski definition) is 2. The van der Waals surface area contributed by atoms with Crippen LogP contribution in [-0.4, -0.2) is 37.4 Å². The molecule has 2 aromatic rings. The van der Waals surface area contributed by atoms with Crippen LogP contribution in [0.25, 0.3) is 0 Å². The summed E-state index contributed by atoms with van der Waals surface area (Å²) in [5.41, 5.74) is -2.76. The topological polar surface area (TPSA) is 90.8 Å². The van der Waals surface area contributed by atoms with Crippen molar-refractivity contribution in [1.82, 2.24) is 5.32 Å². The van der Waals surface area contributed by atoms with Gasteiger partial charge in [-0.25, -0.2) is 15.1 Å². The van der Waals surface area contributed by atoms with Gasteiger partial charge < -0.3 is 9.47 Å². The number of carbonyl (C=O) groups is 2. The fourth-order valence-corrected chi connectivity index (χ4v) is 2.24. The number of aromatic amines is 1. The highest BCUT2D eigenvalue weighted by molar-refractivity contribution is 5.91. The van der Waals surface area contributed by atoms with E-state index in [2.05, 4.69) is 9.72 Å². The molecule has 1 aromatic carbocycles. The summed E-state index contributed by atoms with van der Waals surface area (Å²) in [6, 6.07) is 10.9. The monoisotopic (exact) mass is 398 g/mol. The van der Waals surface area contributed by atoms with Crippen molar-refractivity contribution < 1.29 is 37.2 Å². The van der Waals surface area contributed by atoms with Crippen molar-refractivity contribution in [2.24, 2.45) is 0 Å². The van der Waals surface area contributed by atoms with Gasteiger partial charge in [0.15, 0.2) is 6.61 Å². The van der Waals surface area contributed by atoms with Crippen molar-refractivity contribution in [1.29, 1.82) is 0 Å². The molecular weight excluding hydrogens is 379 g/mol. The zero-order valence-electron chi connectivity index (χ0n) is 15.1. The minimum absolute atomic E-state index is 0.155. The van der Waals surface area contributed by atoms with Crippen LogP contribution in [0.3, 0.4) is 0 Å². The van der Waals surface area contributed by atoms with Gasteiger partial charge in [0.25, 0.3) is 11.7 Å². The standard InChI is InChI=1S/C18H18F3N3O4/c1-12-8-9-14(22-10-12)23-17(16(26)27-2,18(19,20)21)24-15(25)11-28-13-6-4-3-5-7-13/h3-10H,11H2,1-2H3,(H,22,23)(H,24,25)/p+1/t17-/m1/s1. The van der Waals surface area contributed by atoms with Gasteiger partial charge in [0.2, 0.25) is 0 Å². The summed E-state index contributed by atoms with van der Waals surface area (Å²) in [6.45, 7) is 0.985. The second-order valence-electron chi connectivity index (χ2n) is 5.79. The predicted octanol–water partition coefficient (Wildman–Crippen LogP) is 1.85. The van der Waals surface area contributed by atoms with Crippen LogP contribution >= 0.6 is 0 Å². The summed E-state index contributed by atoms with van der Waals surface area (Å²) in [5.74, 6) is -2.78. The molecule has 28 heavy (non-hydrogen) atoms. The van der Waals surface area contributed by atoms with E-state index in [1.807, 2.05) is 5.32 Å². The third-order valence-electron chi connectivity index (χ3n) is 3.65. The van der Waals surface area contributed by atoms with E-state index in [1.54, 1.807) is 30.4 Å². The van der Waals surface area contributed by atoms with E-state index in [9.17, 15) is 22.8 Å². The second-order valence-corrected chi connectivity index (χ2v) is 5.79. The molecule has 0 saturated heterocycles. The molecule has 0 unspecified atom stereocenters. The summed E-state index contributed by atoms with van der Waals surface area (Å²) in [7, 11) is 0.788. The van der Waals surface area contributed by atoms with Gasteiger partial charge in [0.1, 0.15) is 5.75 Å². The van der Waals surface area contributed by atoms with Gasteiger partial charge in [-0.15, -0.1) is 0 Å². The van der Waals surface area contributed by atoms with E-state index in [4.69, 9.17) is 4.74 Å². The van der Waals surface area contributed by atoms with Crippen LogP contribution in [0.4, 0.5) is 19.0 Å². The van der Waals surface area contributed by atoms with Crippen molar-refractivity contribution in [2.45, 2.75) is 18.8 Å². The SMILES string of the molecule is COC(=O)[C@](NC(=O)COc1ccccc1)(Nc1ccc(C)c[nH+]1)C(F)(F)F. The third-order valence-corrected chi connectivity index (χ3v) is 3.65. The Kier molecular flexibility index (Phi) is 6.45. The summed E-state index contributed by atoms with van der Waals surface area (Å²) in [5, 5.41) is 3.66. The van der Waals surface area contributed by atoms with Crippen LogP contribution in [-0.2, 0) is 14.3 Å². The number of amides is 1. The maximum Gasteiger partial charge on any atom is 0.464 e. The molecule has 0 radical (unpaired) electrons. The molecule has 1 heterocycles. The molecule has 10 heteroatoms. The third kappa shape index (κ3) is 4.90. The number of para-hydroxylation sites is 1. The summed E-state index contributed by atoms with van der Waals surface area (Å²) < 4.78 is 51.1. The van der Waals surface area contributed by atoms with E-state index in [1.165, 1.54) is 30.5 Å².